The van der Waals surface area contributed by atoms with Crippen molar-refractivity contribution in [2.75, 3.05) is 19.6 Å². The van der Waals surface area contributed by atoms with E-state index in [1.165, 1.54) is 9.71 Å². The molecule has 0 radical (unpaired) electrons. The van der Waals surface area contributed by atoms with Crippen molar-refractivity contribution in [1.82, 2.24) is 15.2 Å². The first-order chi connectivity index (χ1) is 13.6. The number of nitrogens with zero attached hydrogens (tertiary/aromatic N) is 2. The molecule has 1 saturated heterocycles. The van der Waals surface area contributed by atoms with Gasteiger partial charge in [0.25, 0.3) is 0 Å². The molecule has 0 unspecified atom stereocenters. The standard InChI is InChI=1S/C22H24ClN3OS/c1-15(16-8-10-18(23)11-9-16)24-21(27)14-26-12-4-5-17(13-26)22-25-19-6-2-3-7-20(19)28-22/h2-3,6-11,15,17H,4-5,12-14H2,1H3,(H,24,27)/t15-,17-/m1/s1. The zero-order valence-corrected chi connectivity index (χ0v) is 17.5. The Labute approximate surface area is 174 Å². The molecule has 28 heavy (non-hydrogen) atoms. The molecule has 4 rings (SSSR count). The number of carbonyl (C=O) groups excluding carboxylic acids is 1. The van der Waals surface area contributed by atoms with E-state index in [2.05, 4.69) is 28.4 Å². The minimum absolute atomic E-state index is 0.0328. The number of benzene rings is 2. The topological polar surface area (TPSA) is 45.2 Å². The number of nitrogens with one attached hydrogen (secondary N) is 1. The Morgan fingerprint density at radius 1 is 1.29 bits per heavy atom. The molecule has 1 fully saturated rings. The van der Waals surface area contributed by atoms with E-state index in [1.807, 2.05) is 37.3 Å². The van der Waals surface area contributed by atoms with Crippen molar-refractivity contribution in [3.05, 3.63) is 64.1 Å². The average molecular weight is 414 g/mol. The van der Waals surface area contributed by atoms with Crippen molar-refractivity contribution in [2.45, 2.75) is 31.7 Å². The number of hydrogen-bond acceptors (Lipinski definition) is 4. The highest BCUT2D eigenvalue weighted by Crippen LogP contribution is 2.32. The number of likely N-dealkylation sites (tertiary alicyclic amines) is 1. The summed E-state index contributed by atoms with van der Waals surface area (Å²) in [5.74, 6) is 0.472. The van der Waals surface area contributed by atoms with Crippen molar-refractivity contribution >= 4 is 39.1 Å². The van der Waals surface area contributed by atoms with Crippen LogP contribution in [0.3, 0.4) is 0 Å². The van der Waals surface area contributed by atoms with E-state index in [-0.39, 0.29) is 11.9 Å². The molecule has 146 valence electrons. The van der Waals surface area contributed by atoms with Crippen LogP contribution in [0.4, 0.5) is 0 Å². The molecular weight excluding hydrogens is 390 g/mol. The predicted molar refractivity (Wildman–Crippen MR) is 116 cm³/mol. The van der Waals surface area contributed by atoms with Gasteiger partial charge < -0.3 is 5.32 Å². The Bertz CT molecular complexity index is 923. The Morgan fingerprint density at radius 3 is 2.86 bits per heavy atom. The highest BCUT2D eigenvalue weighted by atomic mass is 35.5. The molecular formula is C22H24ClN3OS. The van der Waals surface area contributed by atoms with E-state index in [9.17, 15) is 4.79 Å². The molecule has 1 amide bonds. The largest absolute Gasteiger partial charge is 0.348 e. The van der Waals surface area contributed by atoms with E-state index < -0.39 is 0 Å². The maximum Gasteiger partial charge on any atom is 0.234 e. The van der Waals surface area contributed by atoms with Gasteiger partial charge in [-0.1, -0.05) is 35.9 Å². The van der Waals surface area contributed by atoms with Crippen molar-refractivity contribution < 1.29 is 4.79 Å². The highest BCUT2D eigenvalue weighted by molar-refractivity contribution is 7.18. The average Bonchev–Trinajstić information content (AvgIpc) is 3.13. The number of thiazole rings is 1. The van der Waals surface area contributed by atoms with Crippen molar-refractivity contribution in [2.24, 2.45) is 0 Å². The Hall–Kier alpha value is -1.95. The summed E-state index contributed by atoms with van der Waals surface area (Å²) in [4.78, 5) is 19.6. The van der Waals surface area contributed by atoms with E-state index >= 15 is 0 Å². The van der Waals surface area contributed by atoms with Crippen molar-refractivity contribution in [1.29, 1.82) is 0 Å². The molecule has 0 aliphatic carbocycles. The zero-order chi connectivity index (χ0) is 19.5. The second-order valence-electron chi connectivity index (χ2n) is 7.43. The quantitative estimate of drug-likeness (QED) is 0.639. The predicted octanol–water partition coefficient (Wildman–Crippen LogP) is 5.01. The summed E-state index contributed by atoms with van der Waals surface area (Å²) < 4.78 is 1.24. The van der Waals surface area contributed by atoms with Crippen LogP contribution in [-0.2, 0) is 4.79 Å². The summed E-state index contributed by atoms with van der Waals surface area (Å²) in [5, 5.41) is 5.00. The number of aromatic nitrogens is 1. The molecule has 6 heteroatoms. The number of hydrogen-bond donors (Lipinski definition) is 1. The van der Waals surface area contributed by atoms with Crippen LogP contribution in [0.2, 0.25) is 5.02 Å². The van der Waals surface area contributed by atoms with Crippen LogP contribution in [0.15, 0.2) is 48.5 Å². The van der Waals surface area contributed by atoms with Gasteiger partial charge in [-0.05, 0) is 56.1 Å². The lowest BCUT2D eigenvalue weighted by Gasteiger charge is -2.31. The first kappa shape index (κ1) is 19.4. The molecule has 1 N–H and O–H groups in total. The molecule has 3 aromatic rings. The SMILES string of the molecule is C[C@@H](NC(=O)CN1CCC[C@@H](c2nc3ccccc3s2)C1)c1ccc(Cl)cc1. The van der Waals surface area contributed by atoms with Crippen LogP contribution in [0, 0.1) is 0 Å². The van der Waals surface area contributed by atoms with Crippen LogP contribution in [0.1, 0.15) is 42.3 Å². The van der Waals surface area contributed by atoms with Crippen molar-refractivity contribution in [3.63, 3.8) is 0 Å². The van der Waals surface area contributed by atoms with Crippen LogP contribution in [0.25, 0.3) is 10.2 Å². The number of rotatable bonds is 5. The third-order valence-corrected chi connectivity index (χ3v) is 6.73. The van der Waals surface area contributed by atoms with Crippen LogP contribution < -0.4 is 5.32 Å². The van der Waals surface area contributed by atoms with Gasteiger partial charge in [-0.3, -0.25) is 9.69 Å². The molecule has 0 bridgehead atoms. The molecule has 2 heterocycles. The minimum atomic E-state index is -0.0328. The highest BCUT2D eigenvalue weighted by Gasteiger charge is 2.25. The Balaban J connectivity index is 1.35. The lowest BCUT2D eigenvalue weighted by Crippen LogP contribution is -2.42. The molecule has 1 aliphatic rings. The zero-order valence-electron chi connectivity index (χ0n) is 15.9. The molecule has 0 spiro atoms. The van der Waals surface area contributed by atoms with Gasteiger partial charge >= 0.3 is 0 Å². The van der Waals surface area contributed by atoms with Crippen LogP contribution in [0.5, 0.6) is 0 Å². The van der Waals surface area contributed by atoms with Gasteiger partial charge in [-0.25, -0.2) is 4.98 Å². The van der Waals surface area contributed by atoms with Gasteiger partial charge in [0.05, 0.1) is 27.8 Å². The maximum atomic E-state index is 12.6. The van der Waals surface area contributed by atoms with E-state index in [0.29, 0.717) is 17.5 Å². The fourth-order valence-corrected chi connectivity index (χ4v) is 5.01. The van der Waals surface area contributed by atoms with Gasteiger partial charge in [-0.15, -0.1) is 11.3 Å². The van der Waals surface area contributed by atoms with Gasteiger partial charge in [0, 0.05) is 17.5 Å². The van der Waals surface area contributed by atoms with Gasteiger partial charge in [0.15, 0.2) is 0 Å². The van der Waals surface area contributed by atoms with Gasteiger partial charge in [0.1, 0.15) is 0 Å². The number of para-hydroxylation sites is 1. The lowest BCUT2D eigenvalue weighted by atomic mass is 9.98. The van der Waals surface area contributed by atoms with Crippen LogP contribution >= 0.6 is 22.9 Å². The Kier molecular flexibility index (Phi) is 5.95. The third kappa shape index (κ3) is 4.54. The van der Waals surface area contributed by atoms with E-state index in [1.54, 1.807) is 11.3 Å². The molecule has 0 saturated carbocycles. The number of amides is 1. The summed E-state index contributed by atoms with van der Waals surface area (Å²) in [6, 6.07) is 15.9. The number of carbonyl (C=O) groups is 1. The number of piperidine rings is 1. The minimum Gasteiger partial charge on any atom is -0.348 e. The van der Waals surface area contributed by atoms with Gasteiger partial charge in [0.2, 0.25) is 5.91 Å². The summed E-state index contributed by atoms with van der Waals surface area (Å²) in [5.41, 5.74) is 2.14. The Morgan fingerprint density at radius 2 is 2.07 bits per heavy atom. The fourth-order valence-electron chi connectivity index (χ4n) is 3.79. The summed E-state index contributed by atoms with van der Waals surface area (Å²) in [6.45, 7) is 4.29. The van der Waals surface area contributed by atoms with Crippen LogP contribution in [-0.4, -0.2) is 35.4 Å². The lowest BCUT2D eigenvalue weighted by molar-refractivity contribution is -0.123. The van der Waals surface area contributed by atoms with Crippen molar-refractivity contribution in [3.8, 4) is 0 Å². The fraction of sp³-hybridized carbons (Fsp3) is 0.364. The smallest absolute Gasteiger partial charge is 0.234 e. The second kappa shape index (κ2) is 8.60. The number of halogens is 1. The number of fused-ring (bicyclic) bond motifs is 1. The maximum absolute atomic E-state index is 12.6. The molecule has 4 nitrogen and oxygen atoms in total. The third-order valence-electron chi connectivity index (χ3n) is 5.28. The molecule has 2 atom stereocenters. The second-order valence-corrected chi connectivity index (χ2v) is 8.93. The monoisotopic (exact) mass is 413 g/mol. The van der Waals surface area contributed by atoms with Gasteiger partial charge in [-0.2, -0.15) is 0 Å². The summed E-state index contributed by atoms with van der Waals surface area (Å²) in [7, 11) is 0. The summed E-state index contributed by atoms with van der Waals surface area (Å²) in [6.07, 6.45) is 2.24. The first-order valence-electron chi connectivity index (χ1n) is 9.71. The molecule has 1 aliphatic heterocycles. The van der Waals surface area contributed by atoms with E-state index in [4.69, 9.17) is 16.6 Å². The normalized spacial score (nSPS) is 18.9. The first-order valence-corrected chi connectivity index (χ1v) is 10.9. The van der Waals surface area contributed by atoms with E-state index in [0.717, 1.165) is 37.0 Å². The molecule has 2 aromatic carbocycles. The summed E-state index contributed by atoms with van der Waals surface area (Å²) >= 11 is 7.73. The molecule has 1 aromatic heterocycles.